The highest BCUT2D eigenvalue weighted by atomic mass is 35.5. The molecular formula is C14H19ClN2O3. The molecule has 5 nitrogen and oxygen atoms in total. The maximum atomic E-state index is 12.0. The van der Waals surface area contributed by atoms with Gasteiger partial charge >= 0.3 is 12.0 Å². The van der Waals surface area contributed by atoms with Crippen molar-refractivity contribution in [3.8, 4) is 0 Å². The van der Waals surface area contributed by atoms with E-state index < -0.39 is 17.5 Å². The lowest BCUT2D eigenvalue weighted by Gasteiger charge is -2.28. The number of rotatable bonds is 5. The molecule has 0 fully saturated rings. The Morgan fingerprint density at radius 2 is 1.90 bits per heavy atom. The summed E-state index contributed by atoms with van der Waals surface area (Å²) < 4.78 is 0. The van der Waals surface area contributed by atoms with Gasteiger partial charge in [0.25, 0.3) is 0 Å². The summed E-state index contributed by atoms with van der Waals surface area (Å²) in [4.78, 5) is 24.6. The highest BCUT2D eigenvalue weighted by molar-refractivity contribution is 6.30. The fourth-order valence-electron chi connectivity index (χ4n) is 1.56. The second kappa shape index (κ2) is 6.61. The molecule has 0 aliphatic heterocycles. The van der Waals surface area contributed by atoms with Gasteiger partial charge in [0.1, 0.15) is 5.54 Å². The Bertz CT molecular complexity index is 490. The zero-order chi connectivity index (χ0) is 15.3. The third-order valence-electron chi connectivity index (χ3n) is 3.24. The first kappa shape index (κ1) is 16.3. The van der Waals surface area contributed by atoms with Crippen LogP contribution in [0.4, 0.5) is 4.79 Å². The van der Waals surface area contributed by atoms with Crippen molar-refractivity contribution in [3.63, 3.8) is 0 Å². The number of carbonyl (C=O) groups excluding carboxylic acids is 1. The molecule has 0 aliphatic rings. The van der Waals surface area contributed by atoms with Gasteiger partial charge in [-0.05, 0) is 31.0 Å². The highest BCUT2D eigenvalue weighted by Gasteiger charge is 2.33. The summed E-state index contributed by atoms with van der Waals surface area (Å²) >= 11 is 5.79. The summed E-state index contributed by atoms with van der Waals surface area (Å²) in [5, 5.41) is 12.3. The molecule has 2 amide bonds. The lowest BCUT2D eigenvalue weighted by atomic mass is 10.00. The molecule has 0 bridgehead atoms. The van der Waals surface area contributed by atoms with Crippen LogP contribution in [0.3, 0.4) is 0 Å². The Morgan fingerprint density at radius 1 is 1.35 bits per heavy atom. The number of halogens is 1. The molecular weight excluding hydrogens is 280 g/mol. The molecule has 0 aliphatic carbocycles. The maximum absolute atomic E-state index is 12.0. The number of carboxylic acid groups (broad SMARTS) is 1. The van der Waals surface area contributed by atoms with Gasteiger partial charge in [0.05, 0.1) is 0 Å². The van der Waals surface area contributed by atoms with E-state index in [0.717, 1.165) is 5.56 Å². The molecule has 0 heterocycles. The van der Waals surface area contributed by atoms with Crippen LogP contribution in [0.25, 0.3) is 0 Å². The third kappa shape index (κ3) is 4.13. The van der Waals surface area contributed by atoms with E-state index in [0.29, 0.717) is 18.0 Å². The van der Waals surface area contributed by atoms with E-state index in [1.165, 1.54) is 11.8 Å². The largest absolute Gasteiger partial charge is 0.480 e. The molecule has 1 atom stereocenters. The van der Waals surface area contributed by atoms with Crippen molar-refractivity contribution in [1.82, 2.24) is 10.2 Å². The first-order valence-electron chi connectivity index (χ1n) is 6.29. The van der Waals surface area contributed by atoms with Crippen LogP contribution in [0.2, 0.25) is 5.02 Å². The van der Waals surface area contributed by atoms with Crippen molar-refractivity contribution in [2.24, 2.45) is 0 Å². The maximum Gasteiger partial charge on any atom is 0.329 e. The van der Waals surface area contributed by atoms with Crippen molar-refractivity contribution in [2.75, 3.05) is 7.05 Å². The number of nitrogens with one attached hydrogen (secondary N) is 1. The van der Waals surface area contributed by atoms with E-state index in [1.54, 1.807) is 26.1 Å². The van der Waals surface area contributed by atoms with Crippen LogP contribution in [0, 0.1) is 0 Å². The zero-order valence-corrected chi connectivity index (χ0v) is 12.6. The predicted molar refractivity (Wildman–Crippen MR) is 77.8 cm³/mol. The number of hydrogen-bond donors (Lipinski definition) is 2. The molecule has 1 aromatic carbocycles. The van der Waals surface area contributed by atoms with Gasteiger partial charge in [-0.15, -0.1) is 0 Å². The minimum atomic E-state index is -1.26. The number of benzene rings is 1. The van der Waals surface area contributed by atoms with Crippen molar-refractivity contribution in [3.05, 3.63) is 34.9 Å². The molecule has 0 radical (unpaired) electrons. The van der Waals surface area contributed by atoms with E-state index in [4.69, 9.17) is 16.7 Å². The number of nitrogens with zero attached hydrogens (tertiary/aromatic N) is 1. The first-order chi connectivity index (χ1) is 9.28. The fraction of sp³-hybridized carbons (Fsp3) is 0.429. The first-order valence-corrected chi connectivity index (χ1v) is 6.67. The van der Waals surface area contributed by atoms with Crippen LogP contribution in [0.5, 0.6) is 0 Å². The van der Waals surface area contributed by atoms with Crippen molar-refractivity contribution in [2.45, 2.75) is 32.4 Å². The van der Waals surface area contributed by atoms with E-state index in [-0.39, 0.29) is 0 Å². The van der Waals surface area contributed by atoms with E-state index >= 15 is 0 Å². The number of carbonyl (C=O) groups is 2. The smallest absolute Gasteiger partial charge is 0.329 e. The van der Waals surface area contributed by atoms with Gasteiger partial charge in [-0.25, -0.2) is 9.59 Å². The zero-order valence-electron chi connectivity index (χ0n) is 11.8. The molecule has 0 saturated carbocycles. The average molecular weight is 299 g/mol. The summed E-state index contributed by atoms with van der Waals surface area (Å²) in [6.45, 7) is 3.58. The lowest BCUT2D eigenvalue weighted by molar-refractivity contribution is -0.143. The molecule has 0 spiro atoms. The van der Waals surface area contributed by atoms with Crippen molar-refractivity contribution < 1.29 is 14.7 Å². The Hall–Kier alpha value is -1.75. The molecule has 0 aromatic heterocycles. The van der Waals surface area contributed by atoms with Gasteiger partial charge < -0.3 is 15.3 Å². The second-order valence-corrected chi connectivity index (χ2v) is 5.34. The lowest BCUT2D eigenvalue weighted by Crippen LogP contribution is -2.54. The van der Waals surface area contributed by atoms with Crippen LogP contribution >= 0.6 is 11.6 Å². The Kier molecular flexibility index (Phi) is 5.39. The van der Waals surface area contributed by atoms with Crippen LogP contribution < -0.4 is 5.32 Å². The number of amides is 2. The molecule has 110 valence electrons. The number of hydrogen-bond acceptors (Lipinski definition) is 2. The van der Waals surface area contributed by atoms with Crippen molar-refractivity contribution in [1.29, 1.82) is 0 Å². The van der Waals surface area contributed by atoms with Crippen LogP contribution in [-0.4, -0.2) is 34.6 Å². The SMILES string of the molecule is CCC(C)(NC(=O)N(C)Cc1ccc(Cl)cc1)C(=O)O. The van der Waals surface area contributed by atoms with Crippen molar-refractivity contribution >= 4 is 23.6 Å². The van der Waals surface area contributed by atoms with E-state index in [9.17, 15) is 9.59 Å². The van der Waals surface area contributed by atoms with E-state index in [1.807, 2.05) is 12.1 Å². The summed E-state index contributed by atoms with van der Waals surface area (Å²) in [6, 6.07) is 6.71. The summed E-state index contributed by atoms with van der Waals surface area (Å²) in [5.74, 6) is -1.05. The average Bonchev–Trinajstić information content (AvgIpc) is 2.40. The highest BCUT2D eigenvalue weighted by Crippen LogP contribution is 2.13. The molecule has 1 rings (SSSR count). The number of urea groups is 1. The minimum absolute atomic E-state index is 0.308. The van der Waals surface area contributed by atoms with Crippen LogP contribution in [-0.2, 0) is 11.3 Å². The van der Waals surface area contributed by atoms with Gasteiger partial charge in [-0.2, -0.15) is 0 Å². The monoisotopic (exact) mass is 298 g/mol. The second-order valence-electron chi connectivity index (χ2n) is 4.90. The third-order valence-corrected chi connectivity index (χ3v) is 3.49. The molecule has 1 aromatic rings. The van der Waals surface area contributed by atoms with Gasteiger partial charge in [-0.1, -0.05) is 30.7 Å². The standard InChI is InChI=1S/C14H19ClN2O3/c1-4-14(2,12(18)19)16-13(20)17(3)9-10-5-7-11(15)8-6-10/h5-8H,4,9H2,1-3H3,(H,16,20)(H,18,19). The molecule has 1 unspecified atom stereocenters. The van der Waals surface area contributed by atoms with Gasteiger partial charge in [-0.3, -0.25) is 0 Å². The number of carboxylic acids is 1. The predicted octanol–water partition coefficient (Wildman–Crippen LogP) is 2.73. The Balaban J connectivity index is 2.67. The normalized spacial score (nSPS) is 13.4. The quantitative estimate of drug-likeness (QED) is 0.878. The molecule has 0 saturated heterocycles. The Morgan fingerprint density at radius 3 is 2.35 bits per heavy atom. The summed E-state index contributed by atoms with van der Waals surface area (Å²) in [7, 11) is 1.61. The van der Waals surface area contributed by atoms with E-state index in [2.05, 4.69) is 5.32 Å². The van der Waals surface area contributed by atoms with Gasteiger partial charge in [0.15, 0.2) is 0 Å². The van der Waals surface area contributed by atoms with Crippen LogP contribution in [0.1, 0.15) is 25.8 Å². The summed E-state index contributed by atoms with van der Waals surface area (Å²) in [5.41, 5.74) is -0.341. The van der Waals surface area contributed by atoms with Gasteiger partial charge in [0, 0.05) is 18.6 Å². The summed E-state index contributed by atoms with van der Waals surface area (Å²) in [6.07, 6.45) is 0.308. The fourth-order valence-corrected chi connectivity index (χ4v) is 1.69. The molecule has 6 heteroatoms. The molecule has 20 heavy (non-hydrogen) atoms. The van der Waals surface area contributed by atoms with Crippen LogP contribution in [0.15, 0.2) is 24.3 Å². The molecule has 2 N–H and O–H groups in total. The Labute approximate surface area is 123 Å². The minimum Gasteiger partial charge on any atom is -0.480 e. The van der Waals surface area contributed by atoms with Gasteiger partial charge in [0.2, 0.25) is 0 Å². The topological polar surface area (TPSA) is 69.6 Å². The number of aliphatic carboxylic acids is 1.